The third kappa shape index (κ3) is 4.13. The van der Waals surface area contributed by atoms with Gasteiger partial charge in [-0.15, -0.1) is 16.9 Å². The first-order chi connectivity index (χ1) is 19.3. The molecule has 4 N–H and O–H groups in total. The summed E-state index contributed by atoms with van der Waals surface area (Å²) in [6.45, 7) is 0. The second kappa shape index (κ2) is 10.7. The topological polar surface area (TPSA) is 183 Å². The molecule has 15 heteroatoms. The maximum atomic E-state index is 13.6. The Balaban J connectivity index is 1.55. The van der Waals surface area contributed by atoms with Gasteiger partial charge >= 0.3 is 11.9 Å². The van der Waals surface area contributed by atoms with Gasteiger partial charge in [0.05, 0.1) is 7.11 Å². The third-order valence-electron chi connectivity index (χ3n) is 6.69. The molecule has 0 bridgehead atoms. The minimum atomic E-state index is -1.68. The van der Waals surface area contributed by atoms with Gasteiger partial charge in [-0.2, -0.15) is 4.68 Å². The lowest BCUT2D eigenvalue weighted by molar-refractivity contribution is -0.157. The van der Waals surface area contributed by atoms with Gasteiger partial charge in [0.2, 0.25) is 22.8 Å². The number of hydrogen-bond acceptors (Lipinski definition) is 11. The van der Waals surface area contributed by atoms with Crippen LogP contribution >= 0.6 is 23.5 Å². The van der Waals surface area contributed by atoms with E-state index in [2.05, 4.69) is 20.8 Å². The summed E-state index contributed by atoms with van der Waals surface area (Å²) in [5.41, 5.74) is 4.10. The van der Waals surface area contributed by atoms with Gasteiger partial charge in [-0.25, -0.2) is 9.59 Å². The number of esters is 1. The number of amides is 2. The molecule has 1 saturated heterocycles. The van der Waals surface area contributed by atoms with E-state index < -0.39 is 34.4 Å². The van der Waals surface area contributed by atoms with Crippen LogP contribution in [0.4, 0.5) is 0 Å². The number of nitrogens with two attached hydrogens (primary N) is 1. The quantitative estimate of drug-likeness (QED) is 0.0986. The first-order valence-corrected chi connectivity index (χ1v) is 13.9. The largest absolute Gasteiger partial charge is 0.477 e. The molecule has 40 heavy (non-hydrogen) atoms. The van der Waals surface area contributed by atoms with Gasteiger partial charge in [0.15, 0.2) is 0 Å². The molecule has 0 unspecified atom stereocenters. The Morgan fingerprint density at radius 1 is 1.23 bits per heavy atom. The number of nitrogens with zero attached hydrogens (tertiary/aromatic N) is 5. The molecule has 0 spiro atoms. The number of benzene rings is 2. The molecule has 0 saturated carbocycles. The Labute approximate surface area is 236 Å². The summed E-state index contributed by atoms with van der Waals surface area (Å²) in [6, 6.07) is 17.9. The second-order valence-electron chi connectivity index (χ2n) is 8.82. The summed E-state index contributed by atoms with van der Waals surface area (Å²) in [5, 5.41) is 23.9. The Morgan fingerprint density at radius 3 is 2.40 bits per heavy atom. The molecule has 3 aromatic rings. The van der Waals surface area contributed by atoms with Crippen LogP contribution in [0.25, 0.3) is 0 Å². The third-order valence-corrected chi connectivity index (χ3v) is 9.11. The van der Waals surface area contributed by atoms with Crippen molar-refractivity contribution in [2.75, 3.05) is 18.6 Å². The number of aromatic nitrogens is 4. The number of hydrogen-bond donors (Lipinski definition) is 3. The van der Waals surface area contributed by atoms with Crippen molar-refractivity contribution in [3.63, 3.8) is 0 Å². The molecule has 13 nitrogen and oxygen atoms in total. The van der Waals surface area contributed by atoms with Crippen molar-refractivity contribution < 1.29 is 29.0 Å². The number of carboxylic acids is 1. The van der Waals surface area contributed by atoms with E-state index in [1.807, 2.05) is 12.1 Å². The number of carbonyl (C=O) groups is 4. The minimum Gasteiger partial charge on any atom is -0.477 e. The first-order valence-electron chi connectivity index (χ1n) is 11.8. The fourth-order valence-electron chi connectivity index (χ4n) is 4.86. The van der Waals surface area contributed by atoms with Crippen molar-refractivity contribution in [1.29, 1.82) is 0 Å². The number of tetrazole rings is 1. The minimum absolute atomic E-state index is 0.0883. The Hall–Kier alpha value is -4.21. The van der Waals surface area contributed by atoms with Gasteiger partial charge < -0.3 is 15.2 Å². The van der Waals surface area contributed by atoms with Crippen LogP contribution in [-0.4, -0.2) is 84.1 Å². The lowest BCUT2D eigenvalue weighted by Gasteiger charge is -2.54. The number of thioether (sulfide) groups is 2. The van der Waals surface area contributed by atoms with E-state index in [9.17, 15) is 24.3 Å². The van der Waals surface area contributed by atoms with E-state index in [1.165, 1.54) is 23.6 Å². The first kappa shape index (κ1) is 27.4. The smallest absolute Gasteiger partial charge is 0.352 e. The molecule has 2 amide bonds. The Morgan fingerprint density at radius 2 is 1.85 bits per heavy atom. The molecule has 1 fully saturated rings. The van der Waals surface area contributed by atoms with Crippen LogP contribution in [0.3, 0.4) is 0 Å². The average Bonchev–Trinajstić information content (AvgIpc) is 3.45. The molecule has 0 radical (unpaired) electrons. The van der Waals surface area contributed by atoms with E-state index in [0.717, 1.165) is 16.7 Å². The fraction of sp³-hybridized carbons (Fsp3) is 0.240. The maximum Gasteiger partial charge on any atom is 0.352 e. The number of carboxylic acid groups (broad SMARTS) is 1. The highest BCUT2D eigenvalue weighted by molar-refractivity contribution is 8.01. The summed E-state index contributed by atoms with van der Waals surface area (Å²) < 4.78 is 6.65. The molecule has 2 aromatic carbocycles. The molecule has 2 aliphatic heterocycles. The van der Waals surface area contributed by atoms with Crippen molar-refractivity contribution in [3.05, 3.63) is 83.1 Å². The summed E-state index contributed by atoms with van der Waals surface area (Å²) in [7, 11) is 1.28. The van der Waals surface area contributed by atoms with Crippen LogP contribution in [0.1, 0.15) is 11.1 Å². The van der Waals surface area contributed by atoms with Gasteiger partial charge in [-0.3, -0.25) is 20.2 Å². The van der Waals surface area contributed by atoms with Crippen molar-refractivity contribution in [2.45, 2.75) is 21.7 Å². The van der Waals surface area contributed by atoms with Crippen molar-refractivity contribution in [3.8, 4) is 0 Å². The average molecular weight is 582 g/mol. The number of methoxy groups -OCH3 is 1. The second-order valence-corrected chi connectivity index (χ2v) is 10.8. The summed E-state index contributed by atoms with van der Waals surface area (Å²) in [4.78, 5) is 50.7. The molecule has 3 heterocycles. The molecule has 5 rings (SSSR count). The van der Waals surface area contributed by atoms with E-state index in [4.69, 9.17) is 10.5 Å². The zero-order valence-corrected chi connectivity index (χ0v) is 22.6. The van der Waals surface area contributed by atoms with Crippen molar-refractivity contribution >= 4 is 47.8 Å². The van der Waals surface area contributed by atoms with Crippen LogP contribution in [0.2, 0.25) is 0 Å². The molecule has 2 atom stereocenters. The molecule has 0 aliphatic carbocycles. The number of ether oxygens (including phenoxy) is 1. The number of nitrogens with one attached hydrogen (secondary N) is 1. The van der Waals surface area contributed by atoms with Crippen molar-refractivity contribution in [2.24, 2.45) is 5.73 Å². The summed E-state index contributed by atoms with van der Waals surface area (Å²) in [5.74, 6) is -2.35. The fourth-order valence-corrected chi connectivity index (χ4v) is 7.30. The zero-order chi connectivity index (χ0) is 28.5. The number of carbonyl (C=O) groups excluding carboxylic acids is 3. The SMILES string of the molecule is COC(=O)C(c1ccccc1)(c1ccccc1)n1nnnc1SCC1=C(C(=O)O)N2C(=O)[C@](N)(NC=O)[C@@H]2SC1. The van der Waals surface area contributed by atoms with Crippen LogP contribution in [0.15, 0.2) is 77.1 Å². The number of β-lactam (4-membered cyclic amide) rings is 1. The zero-order valence-electron chi connectivity index (χ0n) is 21.0. The van der Waals surface area contributed by atoms with E-state index in [1.54, 1.807) is 48.5 Å². The Bertz CT molecular complexity index is 1460. The predicted molar refractivity (Wildman–Crippen MR) is 143 cm³/mol. The lowest BCUT2D eigenvalue weighted by Crippen LogP contribution is -2.83. The van der Waals surface area contributed by atoms with Crippen molar-refractivity contribution in [1.82, 2.24) is 30.4 Å². The number of aliphatic carboxylic acids is 1. The van der Waals surface area contributed by atoms with Crippen LogP contribution in [0, 0.1) is 0 Å². The van der Waals surface area contributed by atoms with Gasteiger partial charge in [0, 0.05) is 11.5 Å². The van der Waals surface area contributed by atoms with Gasteiger partial charge in [0.25, 0.3) is 5.91 Å². The summed E-state index contributed by atoms with van der Waals surface area (Å²) in [6.07, 6.45) is 0.318. The van der Waals surface area contributed by atoms with E-state index in [-0.39, 0.29) is 22.4 Å². The number of rotatable bonds is 10. The standard InChI is InChI=1S/C25H23N7O6S2/c1-38-22(37)24(16-8-4-2-5-9-16,17-10-6-3-7-11-17)32-23(28-29-30-32)40-13-15-12-39-21-25(26,27-14-33)20(36)31(21)18(15)19(34)35/h2-11,14,21H,12-13,26H2,1H3,(H,27,33)(H,34,35)/t21-,25-/m0/s1. The molecule has 2 aliphatic rings. The van der Waals surface area contributed by atoms with E-state index >= 15 is 0 Å². The molecule has 1 aromatic heterocycles. The van der Waals surface area contributed by atoms with Crippen LogP contribution < -0.4 is 11.1 Å². The highest BCUT2D eigenvalue weighted by Crippen LogP contribution is 2.45. The predicted octanol–water partition coefficient (Wildman–Crippen LogP) is 0.385. The molecule has 206 valence electrons. The maximum absolute atomic E-state index is 13.6. The number of fused-ring (bicyclic) bond motifs is 1. The Kier molecular flexibility index (Phi) is 7.35. The van der Waals surface area contributed by atoms with Gasteiger partial charge in [-0.1, -0.05) is 72.4 Å². The van der Waals surface area contributed by atoms with Crippen LogP contribution in [-0.2, 0) is 29.5 Å². The van der Waals surface area contributed by atoms with Gasteiger partial charge in [0.1, 0.15) is 11.1 Å². The molecular weight excluding hydrogens is 558 g/mol. The summed E-state index contributed by atoms with van der Waals surface area (Å²) >= 11 is 2.34. The highest BCUT2D eigenvalue weighted by atomic mass is 32.2. The lowest BCUT2D eigenvalue weighted by atomic mass is 9.83. The van der Waals surface area contributed by atoms with E-state index in [0.29, 0.717) is 23.1 Å². The highest BCUT2D eigenvalue weighted by Gasteiger charge is 2.63. The monoisotopic (exact) mass is 581 g/mol. The normalized spacial score (nSPS) is 20.4. The molecular formula is C25H23N7O6S2. The van der Waals surface area contributed by atoms with Gasteiger partial charge in [-0.05, 0) is 27.1 Å². The van der Waals surface area contributed by atoms with Crippen LogP contribution in [0.5, 0.6) is 0 Å².